The fourth-order valence-corrected chi connectivity index (χ4v) is 1.49. The Morgan fingerprint density at radius 2 is 2.07 bits per heavy atom. The molecule has 0 unspecified atom stereocenters. The van der Waals surface area contributed by atoms with Crippen LogP contribution in [0, 0.1) is 0 Å². The second-order valence-electron chi connectivity index (χ2n) is 3.89. The normalized spacial score (nSPS) is 11.3. The average Bonchev–Trinajstić information content (AvgIpc) is 2.59. The quantitative estimate of drug-likeness (QED) is 0.691. The third kappa shape index (κ3) is 1.89. The average molecular weight is 204 g/mol. The molecule has 5 heteroatoms. The second-order valence-corrected chi connectivity index (χ2v) is 3.89. The number of fused-ring (bicyclic) bond motifs is 1. The maximum absolute atomic E-state index is 9.03. The summed E-state index contributed by atoms with van der Waals surface area (Å²) >= 11 is 0. The zero-order valence-electron chi connectivity index (χ0n) is 8.75. The number of hydrogen-bond donors (Lipinski definition) is 2. The SMILES string of the molecule is CC(C)n1cc2cc(B(O)O)ccc2n1. The first-order valence-corrected chi connectivity index (χ1v) is 4.93. The summed E-state index contributed by atoms with van der Waals surface area (Å²) in [5.74, 6) is 0. The van der Waals surface area contributed by atoms with Crippen LogP contribution in [0.5, 0.6) is 0 Å². The molecule has 0 spiro atoms. The highest BCUT2D eigenvalue weighted by atomic mass is 16.4. The van der Waals surface area contributed by atoms with Crippen LogP contribution in [0.15, 0.2) is 24.4 Å². The van der Waals surface area contributed by atoms with Crippen molar-refractivity contribution in [3.8, 4) is 0 Å². The standard InChI is InChI=1S/C10H13BN2O2/c1-7(2)13-6-8-5-9(11(14)15)3-4-10(8)12-13/h3-7,14-15H,1-2H3. The molecular formula is C10H13BN2O2. The van der Waals surface area contributed by atoms with Gasteiger partial charge in [-0.25, -0.2) is 0 Å². The molecule has 0 aliphatic rings. The van der Waals surface area contributed by atoms with E-state index in [1.165, 1.54) is 0 Å². The van der Waals surface area contributed by atoms with Crippen molar-refractivity contribution in [2.45, 2.75) is 19.9 Å². The number of nitrogens with zero attached hydrogens (tertiary/aromatic N) is 2. The lowest BCUT2D eigenvalue weighted by atomic mass is 9.80. The van der Waals surface area contributed by atoms with Crippen LogP contribution in [0.4, 0.5) is 0 Å². The van der Waals surface area contributed by atoms with Crippen molar-refractivity contribution in [3.63, 3.8) is 0 Å². The van der Waals surface area contributed by atoms with Gasteiger partial charge in [0.05, 0.1) is 5.52 Å². The molecule has 0 radical (unpaired) electrons. The van der Waals surface area contributed by atoms with Crippen LogP contribution in [0.3, 0.4) is 0 Å². The Kier molecular flexibility index (Phi) is 2.50. The Hall–Kier alpha value is -1.33. The van der Waals surface area contributed by atoms with E-state index in [0.717, 1.165) is 10.9 Å². The van der Waals surface area contributed by atoms with Crippen LogP contribution in [0.2, 0.25) is 0 Å². The van der Waals surface area contributed by atoms with Crippen LogP contribution in [0.25, 0.3) is 10.9 Å². The molecule has 1 aromatic carbocycles. The smallest absolute Gasteiger partial charge is 0.423 e. The molecule has 0 aliphatic heterocycles. The van der Waals surface area contributed by atoms with Gasteiger partial charge in [-0.2, -0.15) is 5.10 Å². The fraction of sp³-hybridized carbons (Fsp3) is 0.300. The van der Waals surface area contributed by atoms with Crippen LogP contribution in [0.1, 0.15) is 19.9 Å². The van der Waals surface area contributed by atoms with Gasteiger partial charge in [-0.1, -0.05) is 12.1 Å². The molecule has 15 heavy (non-hydrogen) atoms. The molecule has 0 bridgehead atoms. The van der Waals surface area contributed by atoms with Gasteiger partial charge < -0.3 is 10.0 Å². The van der Waals surface area contributed by atoms with Crippen LogP contribution in [-0.2, 0) is 0 Å². The van der Waals surface area contributed by atoms with E-state index in [4.69, 9.17) is 10.0 Å². The molecule has 1 aromatic heterocycles. The summed E-state index contributed by atoms with van der Waals surface area (Å²) in [4.78, 5) is 0. The maximum Gasteiger partial charge on any atom is 0.488 e. The monoisotopic (exact) mass is 204 g/mol. The van der Waals surface area contributed by atoms with Crippen molar-refractivity contribution in [1.29, 1.82) is 0 Å². The molecule has 0 saturated heterocycles. The molecular weight excluding hydrogens is 191 g/mol. The molecule has 2 rings (SSSR count). The molecule has 2 aromatic rings. The molecule has 78 valence electrons. The molecule has 1 heterocycles. The largest absolute Gasteiger partial charge is 0.488 e. The first-order chi connectivity index (χ1) is 7.08. The van der Waals surface area contributed by atoms with Crippen molar-refractivity contribution in [1.82, 2.24) is 9.78 Å². The highest BCUT2D eigenvalue weighted by Crippen LogP contribution is 2.13. The number of rotatable bonds is 2. The first-order valence-electron chi connectivity index (χ1n) is 4.93. The highest BCUT2D eigenvalue weighted by molar-refractivity contribution is 6.58. The summed E-state index contributed by atoms with van der Waals surface area (Å²) in [5, 5.41) is 23.3. The predicted molar refractivity (Wildman–Crippen MR) is 59.9 cm³/mol. The van der Waals surface area contributed by atoms with E-state index >= 15 is 0 Å². The van der Waals surface area contributed by atoms with Crippen molar-refractivity contribution in [2.24, 2.45) is 0 Å². The minimum Gasteiger partial charge on any atom is -0.423 e. The van der Waals surface area contributed by atoms with E-state index in [0.29, 0.717) is 11.5 Å². The van der Waals surface area contributed by atoms with Gasteiger partial charge in [0.1, 0.15) is 0 Å². The summed E-state index contributed by atoms with van der Waals surface area (Å²) in [6, 6.07) is 5.51. The summed E-state index contributed by atoms with van der Waals surface area (Å²) < 4.78 is 1.86. The molecule has 0 saturated carbocycles. The Bertz CT molecular complexity index is 473. The van der Waals surface area contributed by atoms with Gasteiger partial charge >= 0.3 is 7.12 Å². The Balaban J connectivity index is 2.52. The van der Waals surface area contributed by atoms with Gasteiger partial charge in [-0.05, 0) is 25.4 Å². The highest BCUT2D eigenvalue weighted by Gasteiger charge is 2.12. The Morgan fingerprint density at radius 3 is 2.67 bits per heavy atom. The Labute approximate surface area is 88.3 Å². The molecule has 0 atom stereocenters. The zero-order valence-corrected chi connectivity index (χ0v) is 8.75. The summed E-state index contributed by atoms with van der Waals surface area (Å²) in [5.41, 5.74) is 1.36. The van der Waals surface area contributed by atoms with Gasteiger partial charge in [0.15, 0.2) is 0 Å². The molecule has 2 N–H and O–H groups in total. The van der Waals surface area contributed by atoms with E-state index in [2.05, 4.69) is 5.10 Å². The van der Waals surface area contributed by atoms with E-state index in [1.54, 1.807) is 18.2 Å². The van der Waals surface area contributed by atoms with Gasteiger partial charge in [-0.15, -0.1) is 0 Å². The molecule has 0 amide bonds. The second kappa shape index (κ2) is 3.68. The summed E-state index contributed by atoms with van der Waals surface area (Å²) in [6.45, 7) is 4.10. The third-order valence-electron chi connectivity index (χ3n) is 2.37. The van der Waals surface area contributed by atoms with Crippen molar-refractivity contribution >= 4 is 23.5 Å². The molecule has 4 nitrogen and oxygen atoms in total. The molecule has 0 aliphatic carbocycles. The van der Waals surface area contributed by atoms with Gasteiger partial charge in [0, 0.05) is 17.6 Å². The van der Waals surface area contributed by atoms with Gasteiger partial charge in [0.25, 0.3) is 0 Å². The first kappa shape index (κ1) is 10.2. The number of benzene rings is 1. The van der Waals surface area contributed by atoms with E-state index in [1.807, 2.05) is 24.7 Å². The van der Waals surface area contributed by atoms with Crippen LogP contribution < -0.4 is 5.46 Å². The lowest BCUT2D eigenvalue weighted by Crippen LogP contribution is -2.29. The summed E-state index contributed by atoms with van der Waals surface area (Å²) in [7, 11) is -1.42. The number of hydrogen-bond acceptors (Lipinski definition) is 3. The van der Waals surface area contributed by atoms with Crippen LogP contribution >= 0.6 is 0 Å². The predicted octanol–water partition coefficient (Wildman–Crippen LogP) is 0.297. The van der Waals surface area contributed by atoms with Crippen LogP contribution in [-0.4, -0.2) is 26.9 Å². The third-order valence-corrected chi connectivity index (χ3v) is 2.37. The maximum atomic E-state index is 9.03. The number of aromatic nitrogens is 2. The topological polar surface area (TPSA) is 58.3 Å². The minimum absolute atomic E-state index is 0.305. The zero-order chi connectivity index (χ0) is 11.0. The lowest BCUT2D eigenvalue weighted by molar-refractivity contribution is 0.426. The van der Waals surface area contributed by atoms with Gasteiger partial charge in [0.2, 0.25) is 0 Å². The Morgan fingerprint density at radius 1 is 1.33 bits per heavy atom. The fourth-order valence-electron chi connectivity index (χ4n) is 1.49. The van der Waals surface area contributed by atoms with Gasteiger partial charge in [-0.3, -0.25) is 4.68 Å². The van der Waals surface area contributed by atoms with E-state index in [9.17, 15) is 0 Å². The van der Waals surface area contributed by atoms with Crippen molar-refractivity contribution in [3.05, 3.63) is 24.4 Å². The molecule has 0 fully saturated rings. The lowest BCUT2D eigenvalue weighted by Gasteiger charge is -2.02. The van der Waals surface area contributed by atoms with E-state index in [-0.39, 0.29) is 0 Å². The minimum atomic E-state index is -1.42. The van der Waals surface area contributed by atoms with Crippen molar-refractivity contribution < 1.29 is 10.0 Å². The van der Waals surface area contributed by atoms with E-state index < -0.39 is 7.12 Å². The van der Waals surface area contributed by atoms with Crippen molar-refractivity contribution in [2.75, 3.05) is 0 Å². The summed E-state index contributed by atoms with van der Waals surface area (Å²) in [6.07, 6.45) is 1.91.